The van der Waals surface area contributed by atoms with Gasteiger partial charge in [0.15, 0.2) is 0 Å². The van der Waals surface area contributed by atoms with Gasteiger partial charge in [-0.2, -0.15) is 22.5 Å². The highest BCUT2D eigenvalue weighted by atomic mass is 19.2. The molecule has 1 aromatic heterocycles. The Kier molecular flexibility index (Phi) is 6.05. The highest BCUT2D eigenvalue weighted by Crippen LogP contribution is 2.23. The number of unbranched alkanes of at least 4 members (excludes halogenated alkanes) is 3. The molecule has 0 aliphatic carbocycles. The monoisotopic (exact) mass is 278 g/mol. The van der Waals surface area contributed by atoms with Crippen molar-refractivity contribution in [3.63, 3.8) is 0 Å². The fourth-order valence-electron chi connectivity index (χ4n) is 1.81. The summed E-state index contributed by atoms with van der Waals surface area (Å²) in [5.41, 5.74) is -0.784. The summed E-state index contributed by atoms with van der Waals surface area (Å²) in [7, 11) is 0. The van der Waals surface area contributed by atoms with E-state index in [1.165, 1.54) is 0 Å². The molecular formula is C13H18F4N2. The first-order valence-electron chi connectivity index (χ1n) is 6.43. The van der Waals surface area contributed by atoms with E-state index in [4.69, 9.17) is 0 Å². The molecule has 6 heteroatoms. The van der Waals surface area contributed by atoms with Crippen molar-refractivity contribution in [1.82, 2.24) is 4.98 Å². The Morgan fingerprint density at radius 3 is 2.11 bits per heavy atom. The van der Waals surface area contributed by atoms with Gasteiger partial charge in [0.2, 0.25) is 11.6 Å². The van der Waals surface area contributed by atoms with E-state index < -0.39 is 29.2 Å². The average Bonchev–Trinajstić information content (AvgIpc) is 2.37. The van der Waals surface area contributed by atoms with Crippen molar-refractivity contribution in [2.24, 2.45) is 0 Å². The van der Waals surface area contributed by atoms with Crippen molar-refractivity contribution >= 4 is 5.69 Å². The van der Waals surface area contributed by atoms with Gasteiger partial charge in [0.25, 0.3) is 11.9 Å². The first-order chi connectivity index (χ1) is 8.97. The molecule has 0 saturated carbocycles. The summed E-state index contributed by atoms with van der Waals surface area (Å²) in [5.74, 6) is -6.25. The molecule has 0 aliphatic heterocycles. The lowest BCUT2D eigenvalue weighted by molar-refractivity contribution is 0.409. The zero-order valence-corrected chi connectivity index (χ0v) is 11.1. The molecule has 1 unspecified atom stereocenters. The summed E-state index contributed by atoms with van der Waals surface area (Å²) in [6.45, 7) is 3.79. The predicted octanol–water partition coefficient (Wildman–Crippen LogP) is 4.41. The highest BCUT2D eigenvalue weighted by molar-refractivity contribution is 5.46. The zero-order valence-electron chi connectivity index (χ0n) is 11.1. The third-order valence-corrected chi connectivity index (χ3v) is 2.88. The molecule has 0 aromatic carbocycles. The maximum absolute atomic E-state index is 13.3. The third-order valence-electron chi connectivity index (χ3n) is 2.88. The summed E-state index contributed by atoms with van der Waals surface area (Å²) in [5, 5.41) is 2.47. The summed E-state index contributed by atoms with van der Waals surface area (Å²) in [6, 6.07) is -0.276. The SMILES string of the molecule is CCCCCCC(C)Nc1c(F)c(F)nc(F)c1F. The fraction of sp³-hybridized carbons (Fsp3) is 0.615. The predicted molar refractivity (Wildman–Crippen MR) is 65.9 cm³/mol. The number of nitrogens with zero attached hydrogens (tertiary/aromatic N) is 1. The van der Waals surface area contributed by atoms with E-state index in [0.29, 0.717) is 6.42 Å². The molecule has 1 atom stereocenters. The molecule has 108 valence electrons. The van der Waals surface area contributed by atoms with Gasteiger partial charge in [-0.05, 0) is 13.3 Å². The van der Waals surface area contributed by atoms with Crippen LogP contribution in [0.3, 0.4) is 0 Å². The second-order valence-electron chi connectivity index (χ2n) is 4.59. The molecule has 1 aromatic rings. The molecule has 1 N–H and O–H groups in total. The third kappa shape index (κ3) is 4.36. The van der Waals surface area contributed by atoms with Gasteiger partial charge in [0.05, 0.1) is 0 Å². The Labute approximate surface area is 110 Å². The van der Waals surface area contributed by atoms with Crippen LogP contribution in [0.1, 0.15) is 46.0 Å². The van der Waals surface area contributed by atoms with Gasteiger partial charge in [-0.25, -0.2) is 0 Å². The van der Waals surface area contributed by atoms with Gasteiger partial charge in [0.1, 0.15) is 5.69 Å². The fourth-order valence-corrected chi connectivity index (χ4v) is 1.81. The minimum Gasteiger partial charge on any atom is -0.378 e. The molecule has 1 rings (SSSR count). The first-order valence-corrected chi connectivity index (χ1v) is 6.43. The normalized spacial score (nSPS) is 12.5. The Morgan fingerprint density at radius 2 is 1.58 bits per heavy atom. The van der Waals surface area contributed by atoms with Gasteiger partial charge in [-0.15, -0.1) is 0 Å². The molecule has 0 spiro atoms. The molecule has 0 amide bonds. The van der Waals surface area contributed by atoms with Gasteiger partial charge in [-0.1, -0.05) is 32.6 Å². The van der Waals surface area contributed by atoms with Crippen LogP contribution < -0.4 is 5.32 Å². The Hall–Kier alpha value is -1.33. The molecule has 0 bridgehead atoms. The highest BCUT2D eigenvalue weighted by Gasteiger charge is 2.21. The van der Waals surface area contributed by atoms with Crippen LogP contribution in [-0.4, -0.2) is 11.0 Å². The van der Waals surface area contributed by atoms with Crippen molar-refractivity contribution in [2.45, 2.75) is 52.0 Å². The van der Waals surface area contributed by atoms with Crippen LogP contribution in [-0.2, 0) is 0 Å². The van der Waals surface area contributed by atoms with Crippen molar-refractivity contribution < 1.29 is 17.6 Å². The number of hydrogen-bond acceptors (Lipinski definition) is 2. The van der Waals surface area contributed by atoms with Crippen molar-refractivity contribution in [3.8, 4) is 0 Å². The smallest absolute Gasteiger partial charge is 0.253 e. The van der Waals surface area contributed by atoms with Crippen LogP contribution in [0.5, 0.6) is 0 Å². The maximum Gasteiger partial charge on any atom is 0.253 e. The van der Waals surface area contributed by atoms with Crippen LogP contribution in [0.15, 0.2) is 0 Å². The summed E-state index contributed by atoms with van der Waals surface area (Å²) in [4.78, 5) is 2.50. The zero-order chi connectivity index (χ0) is 14.4. The topological polar surface area (TPSA) is 24.9 Å². The molecule has 0 saturated heterocycles. The first kappa shape index (κ1) is 15.7. The molecular weight excluding hydrogens is 260 g/mol. The number of hydrogen-bond donors (Lipinski definition) is 1. The number of halogens is 4. The quantitative estimate of drug-likeness (QED) is 0.454. The Morgan fingerprint density at radius 1 is 1.00 bits per heavy atom. The number of nitrogens with one attached hydrogen (secondary N) is 1. The van der Waals surface area contributed by atoms with Crippen LogP contribution in [0.4, 0.5) is 23.2 Å². The molecule has 1 heterocycles. The summed E-state index contributed by atoms with van der Waals surface area (Å²) >= 11 is 0. The van der Waals surface area contributed by atoms with E-state index in [1.54, 1.807) is 6.92 Å². The van der Waals surface area contributed by atoms with E-state index in [2.05, 4.69) is 17.2 Å². The number of anilines is 1. The minimum atomic E-state index is -1.64. The van der Waals surface area contributed by atoms with E-state index in [0.717, 1.165) is 25.7 Å². The standard InChI is InChI=1S/C13H18F4N2/c1-3-4-5-6-7-8(2)18-11-9(14)12(16)19-13(17)10(11)15/h8H,3-7H2,1-2H3,(H,18,19). The van der Waals surface area contributed by atoms with E-state index >= 15 is 0 Å². The van der Waals surface area contributed by atoms with Gasteiger partial charge in [-0.3, -0.25) is 0 Å². The summed E-state index contributed by atoms with van der Waals surface area (Å²) in [6.07, 6.45) is 4.76. The molecule has 2 nitrogen and oxygen atoms in total. The van der Waals surface area contributed by atoms with Crippen molar-refractivity contribution in [1.29, 1.82) is 0 Å². The lowest BCUT2D eigenvalue weighted by Gasteiger charge is -2.16. The van der Waals surface area contributed by atoms with E-state index in [9.17, 15) is 17.6 Å². The van der Waals surface area contributed by atoms with Crippen LogP contribution >= 0.6 is 0 Å². The lowest BCUT2D eigenvalue weighted by Crippen LogP contribution is -2.19. The van der Waals surface area contributed by atoms with Gasteiger partial charge < -0.3 is 5.32 Å². The van der Waals surface area contributed by atoms with Crippen molar-refractivity contribution in [3.05, 3.63) is 23.5 Å². The van der Waals surface area contributed by atoms with E-state index in [1.807, 2.05) is 0 Å². The largest absolute Gasteiger partial charge is 0.378 e. The average molecular weight is 278 g/mol. The van der Waals surface area contributed by atoms with Gasteiger partial charge in [0, 0.05) is 6.04 Å². The minimum absolute atomic E-state index is 0.276. The molecule has 0 aliphatic rings. The van der Waals surface area contributed by atoms with Crippen LogP contribution in [0, 0.1) is 23.5 Å². The number of pyridine rings is 1. The van der Waals surface area contributed by atoms with Crippen LogP contribution in [0.25, 0.3) is 0 Å². The number of aromatic nitrogens is 1. The molecule has 19 heavy (non-hydrogen) atoms. The Bertz CT molecular complexity index is 397. The number of rotatable bonds is 7. The Balaban J connectivity index is 2.66. The van der Waals surface area contributed by atoms with E-state index in [-0.39, 0.29) is 6.04 Å². The van der Waals surface area contributed by atoms with Crippen molar-refractivity contribution in [2.75, 3.05) is 5.32 Å². The second-order valence-corrected chi connectivity index (χ2v) is 4.59. The molecule has 0 radical (unpaired) electrons. The lowest BCUT2D eigenvalue weighted by atomic mass is 10.1. The van der Waals surface area contributed by atoms with Crippen LogP contribution in [0.2, 0.25) is 0 Å². The maximum atomic E-state index is 13.3. The summed E-state index contributed by atoms with van der Waals surface area (Å²) < 4.78 is 52.5. The second kappa shape index (κ2) is 7.31. The van der Waals surface area contributed by atoms with Gasteiger partial charge >= 0.3 is 0 Å². The molecule has 0 fully saturated rings.